The lowest BCUT2D eigenvalue weighted by Gasteiger charge is -2.15. The Hall–Kier alpha value is -2.04. The van der Waals surface area contributed by atoms with Gasteiger partial charge >= 0.3 is 11.8 Å². The van der Waals surface area contributed by atoms with Gasteiger partial charge in [0.2, 0.25) is 0 Å². The van der Waals surface area contributed by atoms with Gasteiger partial charge in [0.05, 0.1) is 6.10 Å². The van der Waals surface area contributed by atoms with Gasteiger partial charge in [0.25, 0.3) is 0 Å². The lowest BCUT2D eigenvalue weighted by Crippen LogP contribution is -2.43. The second-order valence-corrected chi connectivity index (χ2v) is 5.24. The topological polar surface area (TPSA) is 67.4 Å². The van der Waals surface area contributed by atoms with E-state index < -0.39 is 11.8 Å². The van der Waals surface area contributed by atoms with E-state index in [1.807, 2.05) is 52.0 Å². The van der Waals surface area contributed by atoms with Crippen molar-refractivity contribution in [3.63, 3.8) is 0 Å². The highest BCUT2D eigenvalue weighted by atomic mass is 16.5. The molecule has 0 saturated heterocycles. The number of ether oxygens (including phenoxy) is 1. The minimum atomic E-state index is -0.630. The van der Waals surface area contributed by atoms with Crippen LogP contribution in [0.25, 0.3) is 0 Å². The van der Waals surface area contributed by atoms with Crippen molar-refractivity contribution in [2.75, 3.05) is 0 Å². The van der Waals surface area contributed by atoms with Gasteiger partial charge in [-0.2, -0.15) is 0 Å². The fourth-order valence-corrected chi connectivity index (χ4v) is 1.67. The molecule has 5 nitrogen and oxygen atoms in total. The van der Waals surface area contributed by atoms with Gasteiger partial charge in [0.15, 0.2) is 0 Å². The lowest BCUT2D eigenvalue weighted by atomic mass is 10.2. The molecule has 2 N–H and O–H groups in total. The minimum Gasteiger partial charge on any atom is -0.491 e. The second kappa shape index (κ2) is 8.29. The van der Waals surface area contributed by atoms with Gasteiger partial charge in [-0.05, 0) is 33.3 Å². The molecular weight excluding hydrogens is 268 g/mol. The van der Waals surface area contributed by atoms with Crippen molar-refractivity contribution in [3.05, 3.63) is 29.8 Å². The molecule has 0 aromatic heterocycles. The third-order valence-corrected chi connectivity index (χ3v) is 2.97. The highest BCUT2D eigenvalue weighted by Gasteiger charge is 2.15. The van der Waals surface area contributed by atoms with E-state index in [1.165, 1.54) is 0 Å². The van der Waals surface area contributed by atoms with Gasteiger partial charge in [-0.3, -0.25) is 9.59 Å². The van der Waals surface area contributed by atoms with Crippen molar-refractivity contribution in [3.8, 4) is 5.75 Å². The molecule has 5 heteroatoms. The number of carbonyl (C=O) groups is 2. The first-order chi connectivity index (χ1) is 9.93. The number of benzene rings is 1. The predicted molar refractivity (Wildman–Crippen MR) is 81.9 cm³/mol. The van der Waals surface area contributed by atoms with E-state index in [0.717, 1.165) is 17.7 Å². The molecule has 1 aromatic rings. The zero-order chi connectivity index (χ0) is 15.8. The van der Waals surface area contributed by atoms with Crippen molar-refractivity contribution in [1.82, 2.24) is 10.6 Å². The van der Waals surface area contributed by atoms with Crippen molar-refractivity contribution < 1.29 is 14.3 Å². The van der Waals surface area contributed by atoms with Crippen LogP contribution in [0, 0.1) is 0 Å². The molecule has 1 unspecified atom stereocenters. The average molecular weight is 292 g/mol. The number of nitrogens with one attached hydrogen (secondary N) is 2. The Bertz CT molecular complexity index is 486. The zero-order valence-electron chi connectivity index (χ0n) is 13.1. The second-order valence-electron chi connectivity index (χ2n) is 5.24. The molecule has 0 bridgehead atoms. The molecule has 0 aliphatic carbocycles. The number of rotatable bonds is 6. The molecule has 21 heavy (non-hydrogen) atoms. The summed E-state index contributed by atoms with van der Waals surface area (Å²) in [5.74, 6) is -0.517. The van der Waals surface area contributed by atoms with Crippen LogP contribution in [0.1, 0.15) is 39.7 Å². The molecule has 0 fully saturated rings. The standard InChI is InChI=1S/C16H24N2O3/c1-5-12(4)18-16(20)15(19)17-10-13-8-6-7-9-14(13)21-11(2)3/h6-9,11-12H,5,10H2,1-4H3,(H,17,19)(H,18,20). The summed E-state index contributed by atoms with van der Waals surface area (Å²) >= 11 is 0. The molecule has 0 aliphatic heterocycles. The molecule has 0 aliphatic rings. The normalized spacial score (nSPS) is 11.9. The largest absolute Gasteiger partial charge is 0.491 e. The monoisotopic (exact) mass is 292 g/mol. The minimum absolute atomic E-state index is 0.0141. The third kappa shape index (κ3) is 5.85. The summed E-state index contributed by atoms with van der Waals surface area (Å²) in [5, 5.41) is 5.24. The number of para-hydroxylation sites is 1. The molecule has 2 amide bonds. The molecule has 1 atom stereocenters. The number of carbonyl (C=O) groups excluding carboxylic acids is 2. The summed E-state index contributed by atoms with van der Waals surface area (Å²) in [7, 11) is 0. The third-order valence-electron chi connectivity index (χ3n) is 2.97. The Balaban J connectivity index is 2.59. The molecule has 0 radical (unpaired) electrons. The first kappa shape index (κ1) is 17.0. The highest BCUT2D eigenvalue weighted by Crippen LogP contribution is 2.18. The Morgan fingerprint density at radius 3 is 2.43 bits per heavy atom. The van der Waals surface area contributed by atoms with Crippen molar-refractivity contribution in [2.24, 2.45) is 0 Å². The van der Waals surface area contributed by atoms with Gasteiger partial charge < -0.3 is 15.4 Å². The van der Waals surface area contributed by atoms with Gasteiger partial charge in [-0.25, -0.2) is 0 Å². The van der Waals surface area contributed by atoms with Crippen LogP contribution in [0.3, 0.4) is 0 Å². The average Bonchev–Trinajstić information content (AvgIpc) is 2.45. The summed E-state index contributed by atoms with van der Waals surface area (Å²) < 4.78 is 5.67. The maximum Gasteiger partial charge on any atom is 0.309 e. The van der Waals surface area contributed by atoms with Crippen LogP contribution >= 0.6 is 0 Å². The predicted octanol–water partition coefficient (Wildman–Crippen LogP) is 2.00. The smallest absolute Gasteiger partial charge is 0.309 e. The summed E-state index contributed by atoms with van der Waals surface area (Å²) in [6.45, 7) is 7.94. The van der Waals surface area contributed by atoms with Crippen LogP contribution in [0.15, 0.2) is 24.3 Å². The molecule has 1 aromatic carbocycles. The summed E-state index contributed by atoms with van der Waals surface area (Å²) in [5.41, 5.74) is 0.843. The SMILES string of the molecule is CCC(C)NC(=O)C(=O)NCc1ccccc1OC(C)C. The Morgan fingerprint density at radius 2 is 1.81 bits per heavy atom. The van der Waals surface area contributed by atoms with E-state index in [9.17, 15) is 9.59 Å². The van der Waals surface area contributed by atoms with Crippen LogP contribution in [0.5, 0.6) is 5.75 Å². The van der Waals surface area contributed by atoms with Gasteiger partial charge in [-0.15, -0.1) is 0 Å². The van der Waals surface area contributed by atoms with E-state index in [1.54, 1.807) is 0 Å². The first-order valence-electron chi connectivity index (χ1n) is 7.27. The fourth-order valence-electron chi connectivity index (χ4n) is 1.67. The van der Waals surface area contributed by atoms with Crippen LogP contribution in [-0.2, 0) is 16.1 Å². The first-order valence-corrected chi connectivity index (χ1v) is 7.27. The van der Waals surface area contributed by atoms with Gasteiger partial charge in [0, 0.05) is 18.2 Å². The van der Waals surface area contributed by atoms with Crippen LogP contribution in [0.4, 0.5) is 0 Å². The Labute approximate surface area is 126 Å². The summed E-state index contributed by atoms with van der Waals surface area (Å²) in [6, 6.07) is 7.44. The lowest BCUT2D eigenvalue weighted by molar-refractivity contribution is -0.139. The van der Waals surface area contributed by atoms with E-state index in [0.29, 0.717) is 0 Å². The van der Waals surface area contributed by atoms with Crippen LogP contribution < -0.4 is 15.4 Å². The Kier molecular flexibility index (Phi) is 6.72. The van der Waals surface area contributed by atoms with Crippen molar-refractivity contribution >= 4 is 11.8 Å². The summed E-state index contributed by atoms with van der Waals surface area (Å²) in [4.78, 5) is 23.4. The number of hydrogen-bond donors (Lipinski definition) is 2. The summed E-state index contributed by atoms with van der Waals surface area (Å²) in [6.07, 6.45) is 0.833. The fraction of sp³-hybridized carbons (Fsp3) is 0.500. The van der Waals surface area contributed by atoms with Crippen molar-refractivity contribution in [2.45, 2.75) is 52.8 Å². The highest BCUT2D eigenvalue weighted by molar-refractivity contribution is 6.35. The molecule has 0 saturated carbocycles. The van der Waals surface area contributed by atoms with E-state index in [4.69, 9.17) is 4.74 Å². The molecule has 0 spiro atoms. The zero-order valence-corrected chi connectivity index (χ0v) is 13.1. The molecule has 1 rings (SSSR count). The van der Waals surface area contributed by atoms with Gasteiger partial charge in [0.1, 0.15) is 5.75 Å². The maximum atomic E-state index is 11.7. The number of amides is 2. The van der Waals surface area contributed by atoms with E-state index in [2.05, 4.69) is 10.6 Å². The Morgan fingerprint density at radius 1 is 1.14 bits per heavy atom. The quantitative estimate of drug-likeness (QED) is 0.788. The van der Waals surface area contributed by atoms with Crippen molar-refractivity contribution in [1.29, 1.82) is 0 Å². The molecule has 116 valence electrons. The molecule has 0 heterocycles. The van der Waals surface area contributed by atoms with E-state index in [-0.39, 0.29) is 18.7 Å². The van der Waals surface area contributed by atoms with Crippen LogP contribution in [0.2, 0.25) is 0 Å². The maximum absolute atomic E-state index is 11.7. The molecular formula is C16H24N2O3. The van der Waals surface area contributed by atoms with Gasteiger partial charge in [-0.1, -0.05) is 25.1 Å². The number of hydrogen-bond acceptors (Lipinski definition) is 3. The van der Waals surface area contributed by atoms with Crippen LogP contribution in [-0.4, -0.2) is 24.0 Å². The van der Waals surface area contributed by atoms with E-state index >= 15 is 0 Å².